The Morgan fingerprint density at radius 1 is 1.40 bits per heavy atom. The second kappa shape index (κ2) is 5.27. The third kappa shape index (κ3) is 4.52. The van der Waals surface area contributed by atoms with Crippen molar-refractivity contribution in [3.8, 4) is 0 Å². The Balaban J connectivity index is 2.66. The van der Waals surface area contributed by atoms with E-state index in [1.165, 1.54) is 12.8 Å². The van der Waals surface area contributed by atoms with Gasteiger partial charge in [-0.25, -0.2) is 0 Å². The van der Waals surface area contributed by atoms with E-state index in [9.17, 15) is 4.89 Å². The summed E-state index contributed by atoms with van der Waals surface area (Å²) in [7, 11) is 0. The number of hydrogen-bond donors (Lipinski definition) is 1. The van der Waals surface area contributed by atoms with Crippen LogP contribution in [0.25, 0.3) is 0 Å². The van der Waals surface area contributed by atoms with E-state index in [4.69, 9.17) is 16.3 Å². The molecule has 1 saturated carbocycles. The van der Waals surface area contributed by atoms with Gasteiger partial charge >= 0.3 is 0 Å². The van der Waals surface area contributed by atoms with Crippen molar-refractivity contribution in [2.24, 2.45) is 17.8 Å². The first-order valence-corrected chi connectivity index (χ1v) is 8.90. The highest BCUT2D eigenvalue weighted by Crippen LogP contribution is 2.46. The second-order valence-electron chi connectivity index (χ2n) is 5.27. The van der Waals surface area contributed by atoms with Crippen LogP contribution in [0.15, 0.2) is 0 Å². The first kappa shape index (κ1) is 13.6. The minimum atomic E-state index is -2.50. The topological polar surface area (TPSA) is 29.5 Å². The van der Waals surface area contributed by atoms with E-state index in [1.54, 1.807) is 6.66 Å². The maximum absolute atomic E-state index is 9.66. The molecule has 1 aliphatic carbocycles. The van der Waals surface area contributed by atoms with Crippen LogP contribution in [0.5, 0.6) is 0 Å². The van der Waals surface area contributed by atoms with Gasteiger partial charge in [0.1, 0.15) is 0 Å². The van der Waals surface area contributed by atoms with Crippen LogP contribution in [0.2, 0.25) is 0 Å². The van der Waals surface area contributed by atoms with Gasteiger partial charge in [0.05, 0.1) is 6.10 Å². The van der Waals surface area contributed by atoms with E-state index in [1.807, 2.05) is 0 Å². The van der Waals surface area contributed by atoms with Gasteiger partial charge in [-0.3, -0.25) is 0 Å². The molecule has 4 heteroatoms. The Bertz CT molecular complexity index is 249. The van der Waals surface area contributed by atoms with Crippen molar-refractivity contribution >= 4 is 18.3 Å². The molecule has 1 rings (SSSR count). The minimum absolute atomic E-state index is 0.176. The lowest BCUT2D eigenvalue weighted by Gasteiger charge is -2.38. The maximum Gasteiger partial charge on any atom is 0.183 e. The Hall–Kier alpha value is 0.570. The molecule has 4 unspecified atom stereocenters. The first-order valence-electron chi connectivity index (χ1n) is 5.78. The van der Waals surface area contributed by atoms with Crippen LogP contribution in [-0.4, -0.2) is 17.7 Å². The van der Waals surface area contributed by atoms with Crippen LogP contribution < -0.4 is 0 Å². The molecule has 0 spiro atoms. The molecule has 4 atom stereocenters. The van der Waals surface area contributed by atoms with Crippen molar-refractivity contribution in [1.82, 2.24) is 0 Å². The summed E-state index contributed by atoms with van der Waals surface area (Å²) < 4.78 is 5.70. The van der Waals surface area contributed by atoms with Gasteiger partial charge in [-0.1, -0.05) is 27.2 Å². The van der Waals surface area contributed by atoms with Crippen LogP contribution in [-0.2, 0) is 16.3 Å². The molecule has 2 nitrogen and oxygen atoms in total. The maximum atomic E-state index is 9.66. The fraction of sp³-hybridized carbons (Fsp3) is 1.00. The average Bonchev–Trinajstić information content (AvgIpc) is 1.99. The van der Waals surface area contributed by atoms with E-state index >= 15 is 0 Å². The summed E-state index contributed by atoms with van der Waals surface area (Å²) in [4.78, 5) is 9.66. The molecule has 0 aliphatic heterocycles. The van der Waals surface area contributed by atoms with Crippen LogP contribution in [0.3, 0.4) is 0 Å². The standard InChI is InChI=1S/C11H23O2PS/c1-8(2)10-6-5-9(3)7-11(10)13-14(4,12)15/h8-11H,5-7H2,1-4H3,(H,12,15). The zero-order chi connectivity index (χ0) is 11.6. The van der Waals surface area contributed by atoms with Crippen LogP contribution in [0, 0.1) is 17.8 Å². The SMILES string of the molecule is CC1CCC(C(C)C)C(OP(C)(O)=S)C1. The quantitative estimate of drug-likeness (QED) is 0.778. The Labute approximate surface area is 98.6 Å². The molecule has 1 N–H and O–H groups in total. The van der Waals surface area contributed by atoms with Gasteiger partial charge in [-0.05, 0) is 42.4 Å². The molecule has 0 saturated heterocycles. The third-order valence-electron chi connectivity index (χ3n) is 3.29. The van der Waals surface area contributed by atoms with E-state index in [2.05, 4.69) is 20.8 Å². The summed E-state index contributed by atoms with van der Waals surface area (Å²) in [5.74, 6) is 1.88. The minimum Gasteiger partial charge on any atom is -0.345 e. The monoisotopic (exact) mass is 250 g/mol. The molecule has 0 bridgehead atoms. The van der Waals surface area contributed by atoms with Crippen LogP contribution in [0.1, 0.15) is 40.0 Å². The predicted octanol–water partition coefficient (Wildman–Crippen LogP) is 3.40. The zero-order valence-corrected chi connectivity index (χ0v) is 11.9. The number of rotatable bonds is 3. The highest BCUT2D eigenvalue weighted by atomic mass is 32.5. The van der Waals surface area contributed by atoms with Crippen molar-refractivity contribution in [1.29, 1.82) is 0 Å². The molecule has 15 heavy (non-hydrogen) atoms. The molecule has 0 radical (unpaired) electrons. The van der Waals surface area contributed by atoms with Gasteiger partial charge < -0.3 is 9.42 Å². The molecule has 0 heterocycles. The fourth-order valence-corrected chi connectivity index (χ4v) is 3.56. The molecule has 90 valence electrons. The largest absolute Gasteiger partial charge is 0.345 e. The van der Waals surface area contributed by atoms with E-state index < -0.39 is 6.49 Å². The van der Waals surface area contributed by atoms with Crippen LogP contribution >= 0.6 is 6.49 Å². The lowest BCUT2D eigenvalue weighted by atomic mass is 9.75. The molecule has 1 fully saturated rings. The van der Waals surface area contributed by atoms with E-state index in [0.717, 1.165) is 6.42 Å². The van der Waals surface area contributed by atoms with Crippen molar-refractivity contribution in [3.05, 3.63) is 0 Å². The van der Waals surface area contributed by atoms with Gasteiger partial charge in [-0.2, -0.15) is 0 Å². The fourth-order valence-electron chi connectivity index (χ4n) is 2.49. The van der Waals surface area contributed by atoms with Crippen molar-refractivity contribution in [3.63, 3.8) is 0 Å². The summed E-state index contributed by atoms with van der Waals surface area (Å²) in [5, 5.41) is 0. The lowest BCUT2D eigenvalue weighted by Crippen LogP contribution is -2.33. The van der Waals surface area contributed by atoms with Crippen molar-refractivity contribution in [2.45, 2.75) is 46.1 Å². The molecule has 0 amide bonds. The highest BCUT2D eigenvalue weighted by molar-refractivity contribution is 8.09. The summed E-state index contributed by atoms with van der Waals surface area (Å²) in [6.45, 7) is 5.86. The predicted molar refractivity (Wildman–Crippen MR) is 68.6 cm³/mol. The van der Waals surface area contributed by atoms with Gasteiger partial charge in [0.15, 0.2) is 6.49 Å². The van der Waals surface area contributed by atoms with E-state index in [-0.39, 0.29) is 6.10 Å². The van der Waals surface area contributed by atoms with Crippen molar-refractivity contribution in [2.75, 3.05) is 6.66 Å². The molecule has 0 aromatic rings. The van der Waals surface area contributed by atoms with Gasteiger partial charge in [0.25, 0.3) is 0 Å². The van der Waals surface area contributed by atoms with Gasteiger partial charge in [-0.15, -0.1) is 0 Å². The van der Waals surface area contributed by atoms with E-state index in [0.29, 0.717) is 17.8 Å². The molecule has 1 aliphatic rings. The Kier molecular flexibility index (Phi) is 4.79. The first-order chi connectivity index (χ1) is 6.79. The smallest absolute Gasteiger partial charge is 0.183 e. The van der Waals surface area contributed by atoms with Gasteiger partial charge in [0.2, 0.25) is 0 Å². The molecule has 0 aromatic heterocycles. The summed E-state index contributed by atoms with van der Waals surface area (Å²) in [6.07, 6.45) is 3.71. The Morgan fingerprint density at radius 2 is 2.00 bits per heavy atom. The molecule has 0 aromatic carbocycles. The second-order valence-corrected chi connectivity index (χ2v) is 9.12. The number of hydrogen-bond acceptors (Lipinski definition) is 2. The average molecular weight is 250 g/mol. The lowest BCUT2D eigenvalue weighted by molar-refractivity contribution is 0.0477. The molecular weight excluding hydrogens is 227 g/mol. The zero-order valence-electron chi connectivity index (χ0n) is 10.1. The van der Waals surface area contributed by atoms with Gasteiger partial charge in [0, 0.05) is 6.66 Å². The summed E-state index contributed by atoms with van der Waals surface area (Å²) >= 11 is 4.99. The Morgan fingerprint density at radius 3 is 2.47 bits per heavy atom. The summed E-state index contributed by atoms with van der Waals surface area (Å²) in [6, 6.07) is 0. The summed E-state index contributed by atoms with van der Waals surface area (Å²) in [5.41, 5.74) is 0. The molecular formula is C11H23O2PS. The van der Waals surface area contributed by atoms with Crippen LogP contribution in [0.4, 0.5) is 0 Å². The highest BCUT2D eigenvalue weighted by Gasteiger charge is 2.33. The normalized spacial score (nSPS) is 36.5. The third-order valence-corrected chi connectivity index (χ3v) is 4.21. The van der Waals surface area contributed by atoms with Crippen molar-refractivity contribution < 1.29 is 9.42 Å².